The summed E-state index contributed by atoms with van der Waals surface area (Å²) in [7, 11) is -4.44. The van der Waals surface area contributed by atoms with Gasteiger partial charge in [0.2, 0.25) is 0 Å². The van der Waals surface area contributed by atoms with Crippen LogP contribution >= 0.6 is 0 Å². The molecule has 0 unspecified atom stereocenters. The normalized spacial score (nSPS) is 11.2. The van der Waals surface area contributed by atoms with E-state index in [0.717, 1.165) is 5.56 Å². The molecule has 19 heavy (non-hydrogen) atoms. The zero-order valence-electron chi connectivity index (χ0n) is 10.5. The van der Waals surface area contributed by atoms with E-state index in [2.05, 4.69) is 0 Å². The minimum atomic E-state index is -4.44. The average Bonchev–Trinajstić information content (AvgIpc) is 2.37. The van der Waals surface area contributed by atoms with Crippen molar-refractivity contribution in [3.63, 3.8) is 0 Å². The first-order chi connectivity index (χ1) is 8.57. The fourth-order valence-electron chi connectivity index (χ4n) is 1.60. The second-order valence-electron chi connectivity index (χ2n) is 3.74. The van der Waals surface area contributed by atoms with Crippen LogP contribution in [0.25, 0.3) is 12.2 Å². The Labute approximate surface area is 135 Å². The van der Waals surface area contributed by atoms with E-state index in [1.54, 1.807) is 24.3 Å². The predicted octanol–water partition coefficient (Wildman–Crippen LogP) is -0.235. The van der Waals surface area contributed by atoms with Crippen molar-refractivity contribution < 1.29 is 42.5 Å². The standard InChI is InChI=1S/C14H12O3S.Na/c15-18(16,17)14-9-5-4-8-13(14)11-10-12-6-2-1-3-7-12;/h1-11H,(H,15,16,17);/q;+1/p-1. The number of benzene rings is 2. The molecule has 0 heterocycles. The minimum Gasteiger partial charge on any atom is -0.744 e. The van der Waals surface area contributed by atoms with Gasteiger partial charge in [-0.15, -0.1) is 0 Å². The molecule has 2 aromatic rings. The van der Waals surface area contributed by atoms with Crippen LogP contribution in [0.4, 0.5) is 0 Å². The molecule has 0 radical (unpaired) electrons. The van der Waals surface area contributed by atoms with E-state index in [4.69, 9.17) is 0 Å². The topological polar surface area (TPSA) is 57.2 Å². The molecule has 0 amide bonds. The maximum absolute atomic E-state index is 11.1. The molecule has 0 aromatic heterocycles. The molecule has 0 aliphatic carbocycles. The summed E-state index contributed by atoms with van der Waals surface area (Å²) in [5.41, 5.74) is 1.34. The molecule has 0 saturated heterocycles. The van der Waals surface area contributed by atoms with Gasteiger partial charge in [0.05, 0.1) is 4.90 Å². The first-order valence-corrected chi connectivity index (χ1v) is 6.76. The van der Waals surface area contributed by atoms with E-state index >= 15 is 0 Å². The van der Waals surface area contributed by atoms with Gasteiger partial charge in [0.15, 0.2) is 0 Å². The molecule has 0 bridgehead atoms. The van der Waals surface area contributed by atoms with Crippen LogP contribution in [0.5, 0.6) is 0 Å². The van der Waals surface area contributed by atoms with Crippen molar-refractivity contribution in [1.29, 1.82) is 0 Å². The predicted molar refractivity (Wildman–Crippen MR) is 69.8 cm³/mol. The molecule has 0 aliphatic rings. The monoisotopic (exact) mass is 282 g/mol. The van der Waals surface area contributed by atoms with Crippen LogP contribution in [0.2, 0.25) is 0 Å². The summed E-state index contributed by atoms with van der Waals surface area (Å²) in [4.78, 5) is -0.197. The van der Waals surface area contributed by atoms with Crippen LogP contribution < -0.4 is 29.6 Å². The van der Waals surface area contributed by atoms with Crippen LogP contribution in [0.3, 0.4) is 0 Å². The van der Waals surface area contributed by atoms with Crippen molar-refractivity contribution in [2.75, 3.05) is 0 Å². The third-order valence-corrected chi connectivity index (χ3v) is 3.35. The van der Waals surface area contributed by atoms with E-state index in [1.165, 1.54) is 12.1 Å². The molecular weight excluding hydrogens is 271 g/mol. The fraction of sp³-hybridized carbons (Fsp3) is 0. The van der Waals surface area contributed by atoms with Crippen LogP contribution in [0.1, 0.15) is 11.1 Å². The third kappa shape index (κ3) is 4.60. The van der Waals surface area contributed by atoms with E-state index in [-0.39, 0.29) is 34.5 Å². The Morgan fingerprint density at radius 1 is 0.842 bits per heavy atom. The quantitative estimate of drug-likeness (QED) is 0.444. The van der Waals surface area contributed by atoms with Gasteiger partial charge in [-0.2, -0.15) is 0 Å². The van der Waals surface area contributed by atoms with Crippen LogP contribution in [-0.4, -0.2) is 13.0 Å². The maximum atomic E-state index is 11.1. The summed E-state index contributed by atoms with van der Waals surface area (Å²) in [5, 5.41) is 0. The van der Waals surface area contributed by atoms with Gasteiger partial charge in [0.1, 0.15) is 10.1 Å². The van der Waals surface area contributed by atoms with E-state index in [9.17, 15) is 13.0 Å². The van der Waals surface area contributed by atoms with E-state index in [0.29, 0.717) is 5.56 Å². The molecular formula is C14H11NaO3S. The molecule has 0 aliphatic heterocycles. The number of hydrogen-bond acceptors (Lipinski definition) is 3. The largest absolute Gasteiger partial charge is 1.00 e. The Bertz CT molecular complexity index is 664. The van der Waals surface area contributed by atoms with Crippen LogP contribution in [0.15, 0.2) is 59.5 Å². The summed E-state index contributed by atoms with van der Waals surface area (Å²) in [6, 6.07) is 15.6. The Kier molecular flexibility index (Phi) is 5.97. The van der Waals surface area contributed by atoms with Gasteiger partial charge >= 0.3 is 29.6 Å². The Hall–Kier alpha value is -0.910. The summed E-state index contributed by atoms with van der Waals surface area (Å²) >= 11 is 0. The molecule has 0 saturated carbocycles. The van der Waals surface area contributed by atoms with E-state index in [1.807, 2.05) is 30.3 Å². The van der Waals surface area contributed by atoms with Gasteiger partial charge in [-0.25, -0.2) is 8.42 Å². The number of hydrogen-bond donors (Lipinski definition) is 0. The molecule has 5 heteroatoms. The van der Waals surface area contributed by atoms with Gasteiger partial charge in [0.25, 0.3) is 0 Å². The third-order valence-electron chi connectivity index (χ3n) is 2.44. The SMILES string of the molecule is O=S(=O)([O-])c1ccccc1C=Cc1ccccc1.[Na+]. The minimum absolute atomic E-state index is 0. The van der Waals surface area contributed by atoms with Gasteiger partial charge < -0.3 is 4.55 Å². The van der Waals surface area contributed by atoms with Crippen molar-refractivity contribution in [3.05, 3.63) is 65.7 Å². The van der Waals surface area contributed by atoms with Gasteiger partial charge in [-0.3, -0.25) is 0 Å². The summed E-state index contributed by atoms with van der Waals surface area (Å²) in [5.74, 6) is 0. The first kappa shape index (κ1) is 16.1. The van der Waals surface area contributed by atoms with Crippen molar-refractivity contribution in [2.24, 2.45) is 0 Å². The second kappa shape index (κ2) is 7.03. The Balaban J connectivity index is 0.00000180. The fourth-order valence-corrected chi connectivity index (χ4v) is 2.27. The van der Waals surface area contributed by atoms with Crippen LogP contribution in [-0.2, 0) is 10.1 Å². The van der Waals surface area contributed by atoms with Crippen LogP contribution in [0, 0.1) is 0 Å². The summed E-state index contributed by atoms with van der Waals surface area (Å²) in [6.45, 7) is 0. The van der Waals surface area contributed by atoms with Crippen molar-refractivity contribution >= 4 is 22.3 Å². The second-order valence-corrected chi connectivity index (χ2v) is 5.08. The zero-order chi connectivity index (χ0) is 13.0. The molecule has 0 fully saturated rings. The molecule has 92 valence electrons. The molecule has 2 rings (SSSR count). The molecule has 0 atom stereocenters. The summed E-state index contributed by atoms with van der Waals surface area (Å²) in [6.07, 6.45) is 3.39. The Morgan fingerprint density at radius 2 is 1.42 bits per heavy atom. The molecule has 3 nitrogen and oxygen atoms in total. The first-order valence-electron chi connectivity index (χ1n) is 5.35. The van der Waals surface area contributed by atoms with E-state index < -0.39 is 10.1 Å². The van der Waals surface area contributed by atoms with Gasteiger partial charge in [-0.05, 0) is 17.2 Å². The molecule has 2 aromatic carbocycles. The smallest absolute Gasteiger partial charge is 0.744 e. The molecule has 0 N–H and O–H groups in total. The van der Waals surface area contributed by atoms with Gasteiger partial charge in [-0.1, -0.05) is 60.7 Å². The molecule has 0 spiro atoms. The average molecular weight is 282 g/mol. The maximum Gasteiger partial charge on any atom is 1.00 e. The van der Waals surface area contributed by atoms with Crippen molar-refractivity contribution in [2.45, 2.75) is 4.90 Å². The zero-order valence-corrected chi connectivity index (χ0v) is 13.3. The summed E-state index contributed by atoms with van der Waals surface area (Å²) < 4.78 is 33.2. The number of rotatable bonds is 3. The van der Waals surface area contributed by atoms with Gasteiger partial charge in [0, 0.05) is 0 Å². The van der Waals surface area contributed by atoms with Crippen molar-refractivity contribution in [3.8, 4) is 0 Å². The Morgan fingerprint density at radius 3 is 2.05 bits per heavy atom. The van der Waals surface area contributed by atoms with Crippen molar-refractivity contribution in [1.82, 2.24) is 0 Å².